The molecule has 0 atom stereocenters. The normalized spacial score (nSPS) is 13.7. The molecule has 0 aliphatic carbocycles. The fourth-order valence-corrected chi connectivity index (χ4v) is 4.48. The van der Waals surface area contributed by atoms with Crippen molar-refractivity contribution in [2.75, 3.05) is 6.54 Å². The van der Waals surface area contributed by atoms with Crippen LogP contribution in [0.3, 0.4) is 0 Å². The summed E-state index contributed by atoms with van der Waals surface area (Å²) in [6.07, 6.45) is 4.45. The van der Waals surface area contributed by atoms with Gasteiger partial charge in [0.1, 0.15) is 10.5 Å². The molecule has 0 unspecified atom stereocenters. The van der Waals surface area contributed by atoms with E-state index in [1.807, 2.05) is 48.0 Å². The number of benzene rings is 1. The molecular formula is C19H16N6OS. The Labute approximate surface area is 158 Å². The summed E-state index contributed by atoms with van der Waals surface area (Å²) in [4.78, 5) is 17.7. The molecular weight excluding hydrogens is 360 g/mol. The van der Waals surface area contributed by atoms with Crippen molar-refractivity contribution < 1.29 is 0 Å². The maximum absolute atomic E-state index is 13.0. The summed E-state index contributed by atoms with van der Waals surface area (Å²) in [5.41, 5.74) is 3.35. The molecule has 5 rings (SSSR count). The molecule has 0 amide bonds. The van der Waals surface area contributed by atoms with Crippen LogP contribution in [0.15, 0.2) is 63.3 Å². The smallest absolute Gasteiger partial charge is 0.291 e. The summed E-state index contributed by atoms with van der Waals surface area (Å²) in [6.45, 7) is 1.10. The van der Waals surface area contributed by atoms with Gasteiger partial charge in [-0.2, -0.15) is 15.3 Å². The molecule has 0 saturated carbocycles. The largest absolute Gasteiger partial charge is 0.323 e. The maximum Gasteiger partial charge on any atom is 0.291 e. The number of fused-ring (bicyclic) bond motifs is 3. The first-order valence-corrected chi connectivity index (χ1v) is 9.47. The maximum atomic E-state index is 13.0. The predicted molar refractivity (Wildman–Crippen MR) is 105 cm³/mol. The number of rotatable bonds is 4. The minimum Gasteiger partial charge on any atom is -0.323 e. The second-order valence-electron chi connectivity index (χ2n) is 6.47. The SMILES string of the molecule is Cn1c2nc(CC3=CCN=N3)sc2c2cnn(Cc3ccccc3)c(=O)c21. The summed E-state index contributed by atoms with van der Waals surface area (Å²) in [5, 5.41) is 14.3. The van der Waals surface area contributed by atoms with Crippen LogP contribution in [-0.2, 0) is 20.0 Å². The first-order chi connectivity index (χ1) is 13.2. The van der Waals surface area contributed by atoms with Crippen LogP contribution in [0.2, 0.25) is 0 Å². The number of allylic oxidation sites excluding steroid dienone is 1. The Morgan fingerprint density at radius 3 is 2.85 bits per heavy atom. The van der Waals surface area contributed by atoms with Crippen LogP contribution in [0.5, 0.6) is 0 Å². The van der Waals surface area contributed by atoms with Crippen molar-refractivity contribution in [3.8, 4) is 0 Å². The average molecular weight is 376 g/mol. The Kier molecular flexibility index (Phi) is 3.71. The van der Waals surface area contributed by atoms with Gasteiger partial charge >= 0.3 is 0 Å². The molecule has 4 aromatic rings. The van der Waals surface area contributed by atoms with Gasteiger partial charge in [0.15, 0.2) is 5.65 Å². The third kappa shape index (κ3) is 2.69. The Morgan fingerprint density at radius 2 is 2.07 bits per heavy atom. The van der Waals surface area contributed by atoms with Crippen molar-refractivity contribution in [1.29, 1.82) is 0 Å². The number of nitrogens with zero attached hydrogens (tertiary/aromatic N) is 6. The van der Waals surface area contributed by atoms with E-state index in [4.69, 9.17) is 4.98 Å². The predicted octanol–water partition coefficient (Wildman–Crippen LogP) is 3.29. The number of thiazole rings is 1. The van der Waals surface area contributed by atoms with Crippen molar-refractivity contribution in [3.63, 3.8) is 0 Å². The average Bonchev–Trinajstić information content (AvgIpc) is 3.38. The minimum absolute atomic E-state index is 0.0992. The molecule has 0 spiro atoms. The zero-order chi connectivity index (χ0) is 18.4. The highest BCUT2D eigenvalue weighted by Crippen LogP contribution is 2.32. The van der Waals surface area contributed by atoms with Gasteiger partial charge in [0.05, 0.1) is 29.7 Å². The molecule has 0 saturated heterocycles. The first-order valence-electron chi connectivity index (χ1n) is 8.65. The summed E-state index contributed by atoms with van der Waals surface area (Å²) in [6, 6.07) is 9.86. The highest BCUT2D eigenvalue weighted by atomic mass is 32.1. The van der Waals surface area contributed by atoms with Crippen LogP contribution in [0, 0.1) is 0 Å². The Bertz CT molecular complexity index is 1280. The zero-order valence-electron chi connectivity index (χ0n) is 14.7. The minimum atomic E-state index is -0.0992. The number of aromatic nitrogens is 4. The van der Waals surface area contributed by atoms with Crippen molar-refractivity contribution in [2.24, 2.45) is 17.3 Å². The quantitative estimate of drug-likeness (QED) is 0.548. The van der Waals surface area contributed by atoms with Gasteiger partial charge in [-0.15, -0.1) is 11.3 Å². The molecule has 0 N–H and O–H groups in total. The molecule has 1 aliphatic heterocycles. The van der Waals surface area contributed by atoms with E-state index in [0.29, 0.717) is 25.0 Å². The van der Waals surface area contributed by atoms with Gasteiger partial charge in [0.2, 0.25) is 0 Å². The van der Waals surface area contributed by atoms with Crippen LogP contribution in [0.4, 0.5) is 0 Å². The van der Waals surface area contributed by atoms with Crippen LogP contribution >= 0.6 is 11.3 Å². The van der Waals surface area contributed by atoms with Crippen molar-refractivity contribution in [3.05, 3.63) is 69.2 Å². The van der Waals surface area contributed by atoms with Crippen LogP contribution in [0.25, 0.3) is 21.3 Å². The Balaban J connectivity index is 1.59. The second-order valence-corrected chi connectivity index (χ2v) is 7.55. The van der Waals surface area contributed by atoms with Crippen LogP contribution in [-0.4, -0.2) is 25.9 Å². The van der Waals surface area contributed by atoms with E-state index in [-0.39, 0.29) is 5.56 Å². The number of hydrogen-bond acceptors (Lipinski definition) is 6. The van der Waals surface area contributed by atoms with E-state index in [9.17, 15) is 4.79 Å². The molecule has 0 radical (unpaired) electrons. The molecule has 27 heavy (non-hydrogen) atoms. The molecule has 134 valence electrons. The van der Waals surface area contributed by atoms with Gasteiger partial charge in [-0.05, 0) is 11.6 Å². The summed E-state index contributed by atoms with van der Waals surface area (Å²) in [7, 11) is 1.89. The molecule has 1 aromatic carbocycles. The van der Waals surface area contributed by atoms with Gasteiger partial charge in [0, 0.05) is 18.9 Å². The number of aryl methyl sites for hydroxylation is 1. The van der Waals surface area contributed by atoms with Gasteiger partial charge in [-0.1, -0.05) is 30.3 Å². The lowest BCUT2D eigenvalue weighted by Gasteiger charge is -2.05. The van der Waals surface area contributed by atoms with Crippen molar-refractivity contribution >= 4 is 32.6 Å². The van der Waals surface area contributed by atoms with Gasteiger partial charge in [-0.25, -0.2) is 9.67 Å². The van der Waals surface area contributed by atoms with Crippen molar-refractivity contribution in [1.82, 2.24) is 19.3 Å². The standard InChI is InChI=1S/C19H16N6OS/c1-24-16-14(10-21-25(19(16)26)11-12-5-3-2-4-6-12)17-18(24)22-15(27-17)9-13-7-8-20-23-13/h2-7,10H,8-9,11H2,1H3. The fourth-order valence-electron chi connectivity index (χ4n) is 3.36. The zero-order valence-corrected chi connectivity index (χ0v) is 15.5. The molecule has 1 aliphatic rings. The van der Waals surface area contributed by atoms with E-state index in [1.165, 1.54) is 4.68 Å². The molecule has 3 aromatic heterocycles. The fraction of sp³-hybridized carbons (Fsp3) is 0.211. The van der Waals surface area contributed by atoms with E-state index in [1.54, 1.807) is 17.5 Å². The molecule has 8 heteroatoms. The first kappa shape index (κ1) is 16.1. The van der Waals surface area contributed by atoms with E-state index < -0.39 is 0 Å². The highest BCUT2D eigenvalue weighted by Gasteiger charge is 2.19. The topological polar surface area (TPSA) is 77.4 Å². The van der Waals surface area contributed by atoms with Gasteiger partial charge in [0.25, 0.3) is 5.56 Å². The number of azo groups is 1. The monoisotopic (exact) mass is 376 g/mol. The third-order valence-corrected chi connectivity index (χ3v) is 5.76. The van der Waals surface area contributed by atoms with E-state index in [2.05, 4.69) is 15.3 Å². The summed E-state index contributed by atoms with van der Waals surface area (Å²) < 4.78 is 4.38. The van der Waals surface area contributed by atoms with Crippen LogP contribution in [0.1, 0.15) is 10.6 Å². The molecule has 0 fully saturated rings. The van der Waals surface area contributed by atoms with Crippen LogP contribution < -0.4 is 5.56 Å². The van der Waals surface area contributed by atoms with Gasteiger partial charge in [-0.3, -0.25) is 4.79 Å². The molecule has 0 bridgehead atoms. The Morgan fingerprint density at radius 1 is 1.22 bits per heavy atom. The molecule has 4 heterocycles. The van der Waals surface area contributed by atoms with Gasteiger partial charge < -0.3 is 4.57 Å². The van der Waals surface area contributed by atoms with E-state index >= 15 is 0 Å². The lowest BCUT2D eigenvalue weighted by Crippen LogP contribution is -2.24. The lowest BCUT2D eigenvalue weighted by atomic mass is 10.2. The third-order valence-electron chi connectivity index (χ3n) is 4.68. The summed E-state index contributed by atoms with van der Waals surface area (Å²) >= 11 is 1.59. The highest BCUT2D eigenvalue weighted by molar-refractivity contribution is 7.19. The second kappa shape index (κ2) is 6.24. The number of hydrogen-bond donors (Lipinski definition) is 0. The van der Waals surface area contributed by atoms with Crippen molar-refractivity contribution in [2.45, 2.75) is 13.0 Å². The Hall–Kier alpha value is -3.13. The molecule has 7 nitrogen and oxygen atoms in total. The summed E-state index contributed by atoms with van der Waals surface area (Å²) in [5.74, 6) is 0. The lowest BCUT2D eigenvalue weighted by molar-refractivity contribution is 0.644. The van der Waals surface area contributed by atoms with E-state index in [0.717, 1.165) is 32.0 Å².